The zero-order valence-corrected chi connectivity index (χ0v) is 11.3. The van der Waals surface area contributed by atoms with Gasteiger partial charge < -0.3 is 15.4 Å². The minimum atomic E-state index is 0.000301. The van der Waals surface area contributed by atoms with Gasteiger partial charge in [0.05, 0.1) is 6.10 Å². The lowest BCUT2D eigenvalue weighted by atomic mass is 9.95. The molecule has 3 unspecified atom stereocenters. The fourth-order valence-electron chi connectivity index (χ4n) is 2.25. The minimum Gasteiger partial charge on any atom is -0.367 e. The van der Waals surface area contributed by atoms with Crippen molar-refractivity contribution in [3.05, 3.63) is 0 Å². The van der Waals surface area contributed by atoms with Crippen molar-refractivity contribution in [1.29, 1.82) is 0 Å². The smallest absolute Gasteiger partial charge is 0.246 e. The molecule has 0 aromatic heterocycles. The van der Waals surface area contributed by atoms with Gasteiger partial charge in [-0.1, -0.05) is 13.8 Å². The van der Waals surface area contributed by atoms with Crippen LogP contribution in [0.25, 0.3) is 0 Å². The van der Waals surface area contributed by atoms with E-state index in [1.165, 1.54) is 0 Å². The maximum atomic E-state index is 11.4. The van der Waals surface area contributed by atoms with Crippen LogP contribution in [0.5, 0.6) is 0 Å². The maximum absolute atomic E-state index is 11.4. The summed E-state index contributed by atoms with van der Waals surface area (Å²) in [4.78, 5) is 11.4. The highest BCUT2D eigenvalue weighted by molar-refractivity contribution is 5.77. The van der Waals surface area contributed by atoms with Gasteiger partial charge in [-0.3, -0.25) is 4.79 Å². The van der Waals surface area contributed by atoms with Gasteiger partial charge in [-0.15, -0.1) is 0 Å². The second-order valence-electron chi connectivity index (χ2n) is 4.86. The summed E-state index contributed by atoms with van der Waals surface area (Å²) in [5, 5.41) is 6.36. The largest absolute Gasteiger partial charge is 0.367 e. The number of carbonyl (C=O) groups is 1. The summed E-state index contributed by atoms with van der Waals surface area (Å²) in [6.07, 6.45) is 4.37. The summed E-state index contributed by atoms with van der Waals surface area (Å²) < 4.78 is 5.72. The van der Waals surface area contributed by atoms with Crippen molar-refractivity contribution in [3.8, 4) is 0 Å². The van der Waals surface area contributed by atoms with Gasteiger partial charge in [-0.2, -0.15) is 0 Å². The van der Waals surface area contributed by atoms with E-state index in [0.717, 1.165) is 32.2 Å². The summed E-state index contributed by atoms with van der Waals surface area (Å²) in [6, 6.07) is 0.950. The van der Waals surface area contributed by atoms with E-state index in [4.69, 9.17) is 4.74 Å². The molecule has 0 aromatic carbocycles. The molecule has 1 fully saturated rings. The fourth-order valence-corrected chi connectivity index (χ4v) is 2.25. The molecule has 0 aromatic rings. The normalized spacial score (nSPS) is 29.0. The van der Waals surface area contributed by atoms with Crippen molar-refractivity contribution in [2.24, 2.45) is 0 Å². The Hall–Kier alpha value is -0.610. The Morgan fingerprint density at radius 2 is 2.18 bits per heavy atom. The van der Waals surface area contributed by atoms with Crippen molar-refractivity contribution < 1.29 is 9.53 Å². The van der Waals surface area contributed by atoms with Crippen LogP contribution in [-0.4, -0.2) is 37.2 Å². The molecule has 1 heterocycles. The molecule has 4 nitrogen and oxygen atoms in total. The standard InChI is InChI=1S/C13H26N2O2/c1-4-8-14-13(16)9-17-12-7-6-10(3)15-11(12)5-2/h10-12,15H,4-9H2,1-3H3,(H,14,16). The number of amides is 1. The van der Waals surface area contributed by atoms with E-state index in [-0.39, 0.29) is 18.6 Å². The Bertz CT molecular complexity index is 233. The number of hydrogen-bond acceptors (Lipinski definition) is 3. The van der Waals surface area contributed by atoms with Crippen LogP contribution < -0.4 is 10.6 Å². The first-order chi connectivity index (χ1) is 8.17. The quantitative estimate of drug-likeness (QED) is 0.741. The molecule has 1 saturated heterocycles. The summed E-state index contributed by atoms with van der Waals surface area (Å²) in [5.41, 5.74) is 0. The van der Waals surface area contributed by atoms with E-state index < -0.39 is 0 Å². The predicted octanol–water partition coefficient (Wildman–Crippen LogP) is 1.45. The van der Waals surface area contributed by atoms with E-state index in [1.807, 2.05) is 6.92 Å². The zero-order chi connectivity index (χ0) is 12.7. The molecule has 0 spiro atoms. The van der Waals surface area contributed by atoms with Crippen LogP contribution >= 0.6 is 0 Å². The third kappa shape index (κ3) is 5.04. The van der Waals surface area contributed by atoms with Crippen molar-refractivity contribution >= 4 is 5.91 Å². The topological polar surface area (TPSA) is 50.4 Å². The molecule has 3 atom stereocenters. The average Bonchev–Trinajstić information content (AvgIpc) is 2.34. The van der Waals surface area contributed by atoms with Gasteiger partial charge in [0.15, 0.2) is 0 Å². The van der Waals surface area contributed by atoms with Crippen LogP contribution in [0, 0.1) is 0 Å². The van der Waals surface area contributed by atoms with Gasteiger partial charge in [0.2, 0.25) is 5.91 Å². The molecule has 1 amide bonds. The Morgan fingerprint density at radius 1 is 1.41 bits per heavy atom. The summed E-state index contributed by atoms with van der Waals surface area (Å²) in [5.74, 6) is 0.000301. The summed E-state index contributed by atoms with van der Waals surface area (Å²) in [6.45, 7) is 7.33. The number of carbonyl (C=O) groups excluding carboxylic acids is 1. The molecule has 100 valence electrons. The Morgan fingerprint density at radius 3 is 2.82 bits per heavy atom. The number of hydrogen-bond donors (Lipinski definition) is 2. The second kappa shape index (κ2) is 7.67. The van der Waals surface area contributed by atoms with Crippen molar-refractivity contribution in [1.82, 2.24) is 10.6 Å². The number of nitrogens with one attached hydrogen (secondary N) is 2. The lowest BCUT2D eigenvalue weighted by Gasteiger charge is -2.35. The first kappa shape index (κ1) is 14.5. The van der Waals surface area contributed by atoms with Crippen LogP contribution in [0.15, 0.2) is 0 Å². The SMILES string of the molecule is CCCNC(=O)COC1CCC(C)NC1CC. The van der Waals surface area contributed by atoms with E-state index in [1.54, 1.807) is 0 Å². The molecular weight excluding hydrogens is 216 g/mol. The summed E-state index contributed by atoms with van der Waals surface area (Å²) in [7, 11) is 0. The lowest BCUT2D eigenvalue weighted by molar-refractivity contribution is -0.129. The summed E-state index contributed by atoms with van der Waals surface area (Å²) >= 11 is 0. The van der Waals surface area contributed by atoms with E-state index in [2.05, 4.69) is 24.5 Å². The van der Waals surface area contributed by atoms with Crippen molar-refractivity contribution in [2.75, 3.05) is 13.2 Å². The molecular formula is C13H26N2O2. The third-order valence-corrected chi connectivity index (χ3v) is 3.27. The predicted molar refractivity (Wildman–Crippen MR) is 69.0 cm³/mol. The fraction of sp³-hybridized carbons (Fsp3) is 0.923. The highest BCUT2D eigenvalue weighted by Crippen LogP contribution is 2.18. The van der Waals surface area contributed by atoms with Gasteiger partial charge in [-0.25, -0.2) is 0 Å². The Kier molecular flexibility index (Phi) is 6.52. The molecule has 0 saturated carbocycles. The van der Waals surface area contributed by atoms with Gasteiger partial charge in [-0.05, 0) is 32.6 Å². The molecule has 0 aliphatic carbocycles. The first-order valence-electron chi connectivity index (χ1n) is 6.81. The van der Waals surface area contributed by atoms with Crippen LogP contribution in [0.3, 0.4) is 0 Å². The van der Waals surface area contributed by atoms with Crippen LogP contribution in [0.2, 0.25) is 0 Å². The molecule has 2 N–H and O–H groups in total. The Labute approximate surface area is 104 Å². The van der Waals surface area contributed by atoms with Crippen LogP contribution in [-0.2, 0) is 9.53 Å². The van der Waals surface area contributed by atoms with E-state index in [0.29, 0.717) is 12.1 Å². The van der Waals surface area contributed by atoms with Gasteiger partial charge in [0.25, 0.3) is 0 Å². The number of ether oxygens (including phenoxy) is 1. The van der Waals surface area contributed by atoms with E-state index >= 15 is 0 Å². The van der Waals surface area contributed by atoms with E-state index in [9.17, 15) is 4.79 Å². The van der Waals surface area contributed by atoms with Gasteiger partial charge in [0, 0.05) is 18.6 Å². The van der Waals surface area contributed by atoms with Crippen molar-refractivity contribution in [2.45, 2.75) is 64.6 Å². The third-order valence-electron chi connectivity index (χ3n) is 3.27. The molecule has 17 heavy (non-hydrogen) atoms. The monoisotopic (exact) mass is 242 g/mol. The van der Waals surface area contributed by atoms with Crippen LogP contribution in [0.1, 0.15) is 46.5 Å². The highest BCUT2D eigenvalue weighted by Gasteiger charge is 2.27. The van der Waals surface area contributed by atoms with Gasteiger partial charge in [0.1, 0.15) is 6.61 Å². The number of rotatable bonds is 6. The van der Waals surface area contributed by atoms with Gasteiger partial charge >= 0.3 is 0 Å². The second-order valence-corrected chi connectivity index (χ2v) is 4.86. The zero-order valence-electron chi connectivity index (χ0n) is 11.3. The molecule has 0 radical (unpaired) electrons. The molecule has 1 rings (SSSR count). The lowest BCUT2D eigenvalue weighted by Crippen LogP contribution is -2.50. The maximum Gasteiger partial charge on any atom is 0.246 e. The average molecular weight is 242 g/mol. The van der Waals surface area contributed by atoms with Crippen molar-refractivity contribution in [3.63, 3.8) is 0 Å². The highest BCUT2D eigenvalue weighted by atomic mass is 16.5. The Balaban J connectivity index is 2.27. The molecule has 1 aliphatic rings. The molecule has 4 heteroatoms. The first-order valence-corrected chi connectivity index (χ1v) is 6.81. The van der Waals surface area contributed by atoms with Crippen LogP contribution in [0.4, 0.5) is 0 Å². The molecule has 1 aliphatic heterocycles. The number of piperidine rings is 1. The minimum absolute atomic E-state index is 0.000301. The molecule has 0 bridgehead atoms.